The molecule has 0 amide bonds. The number of esters is 1. The molecule has 6 fully saturated rings. The summed E-state index contributed by atoms with van der Waals surface area (Å²) in [5, 5.41) is 20.3. The maximum atomic E-state index is 14.0. The summed E-state index contributed by atoms with van der Waals surface area (Å²) >= 11 is 0. The maximum absolute atomic E-state index is 14.0. The molecular weight excluding hydrogens is 560 g/mol. The van der Waals surface area contributed by atoms with Crippen molar-refractivity contribution >= 4 is 11.9 Å². The van der Waals surface area contributed by atoms with Crippen LogP contribution in [0, 0.1) is 69.0 Å². The fourth-order valence-corrected chi connectivity index (χ4v) is 14.4. The Labute approximate surface area is 271 Å². The molecule has 248 valence electrons. The third-order valence-electron chi connectivity index (χ3n) is 17.0. The number of allylic oxidation sites excluding steroid dienone is 2. The first-order valence-corrected chi connectivity index (χ1v) is 18.9. The van der Waals surface area contributed by atoms with E-state index < -0.39 is 5.97 Å². The molecule has 0 radical (unpaired) electrons. The van der Waals surface area contributed by atoms with Crippen molar-refractivity contribution in [2.75, 3.05) is 0 Å². The summed E-state index contributed by atoms with van der Waals surface area (Å²) in [7, 11) is 0. The van der Waals surface area contributed by atoms with Gasteiger partial charge in [0.1, 0.15) is 6.10 Å². The van der Waals surface area contributed by atoms with Crippen LogP contribution < -0.4 is 0 Å². The van der Waals surface area contributed by atoms with Crippen LogP contribution in [-0.2, 0) is 14.3 Å². The molecule has 14 atom stereocenters. The fourth-order valence-electron chi connectivity index (χ4n) is 14.4. The first-order valence-electron chi connectivity index (χ1n) is 18.9. The molecule has 0 aromatic heterocycles. The Balaban J connectivity index is 0.942. The van der Waals surface area contributed by atoms with Gasteiger partial charge < -0.3 is 14.9 Å². The summed E-state index contributed by atoms with van der Waals surface area (Å²) in [5.74, 6) is 3.02. The van der Waals surface area contributed by atoms with E-state index in [1.807, 2.05) is 0 Å². The molecule has 8 aliphatic carbocycles. The van der Waals surface area contributed by atoms with E-state index in [-0.39, 0.29) is 51.7 Å². The molecule has 5 heteroatoms. The van der Waals surface area contributed by atoms with Crippen LogP contribution in [-0.4, -0.2) is 34.4 Å². The number of aliphatic hydroxyl groups is 1. The zero-order valence-corrected chi connectivity index (χ0v) is 28.4. The van der Waals surface area contributed by atoms with Gasteiger partial charge in [-0.2, -0.15) is 0 Å². The van der Waals surface area contributed by atoms with Crippen LogP contribution in [0.1, 0.15) is 130 Å². The van der Waals surface area contributed by atoms with Crippen LogP contribution in [0.4, 0.5) is 0 Å². The number of hydrogen-bond donors (Lipinski definition) is 2. The van der Waals surface area contributed by atoms with Gasteiger partial charge in [0.15, 0.2) is 0 Å². The zero-order valence-electron chi connectivity index (χ0n) is 28.4. The first kappa shape index (κ1) is 30.7. The van der Waals surface area contributed by atoms with Gasteiger partial charge in [0, 0.05) is 6.42 Å². The van der Waals surface area contributed by atoms with E-state index in [9.17, 15) is 19.8 Å². The summed E-state index contributed by atoms with van der Waals surface area (Å²) in [6.07, 6.45) is 21.4. The van der Waals surface area contributed by atoms with E-state index >= 15 is 0 Å². The Morgan fingerprint density at radius 3 is 1.80 bits per heavy atom. The molecule has 0 bridgehead atoms. The number of carboxylic acids is 1. The van der Waals surface area contributed by atoms with E-state index in [0.717, 1.165) is 96.3 Å². The van der Waals surface area contributed by atoms with Gasteiger partial charge in [0.05, 0.1) is 17.9 Å². The molecule has 0 unspecified atom stereocenters. The van der Waals surface area contributed by atoms with E-state index in [1.165, 1.54) is 17.6 Å². The SMILES string of the molecule is C[C@]12CC[C@H]3[C@@H](CC=C4C[C@@H](OC(=O)[C@H]5CC[C@H]6[C@@H]7CC=C8C[C@@H](O)CC[C@]8(C)[C@H]7CC[C@]56C)CC[C@@]43C)[C@@H]1CC[C@@H]2C(=O)O. The minimum atomic E-state index is -0.585. The van der Waals surface area contributed by atoms with Crippen molar-refractivity contribution in [2.45, 2.75) is 143 Å². The minimum absolute atomic E-state index is 0.00292. The third-order valence-corrected chi connectivity index (χ3v) is 17.0. The largest absolute Gasteiger partial charge is 0.481 e. The number of fused-ring (bicyclic) bond motifs is 10. The molecular formula is C40H58O5. The molecule has 0 aromatic carbocycles. The number of aliphatic hydroxyl groups excluding tert-OH is 1. The predicted molar refractivity (Wildman–Crippen MR) is 174 cm³/mol. The van der Waals surface area contributed by atoms with Gasteiger partial charge in [0.2, 0.25) is 0 Å². The van der Waals surface area contributed by atoms with Gasteiger partial charge in [-0.05, 0) is 153 Å². The van der Waals surface area contributed by atoms with Crippen LogP contribution in [0.5, 0.6) is 0 Å². The minimum Gasteiger partial charge on any atom is -0.481 e. The molecule has 0 spiro atoms. The Morgan fingerprint density at radius 2 is 1.20 bits per heavy atom. The predicted octanol–water partition coefficient (Wildman–Crippen LogP) is 8.50. The number of rotatable bonds is 3. The number of carboxylic acid groups (broad SMARTS) is 1. The van der Waals surface area contributed by atoms with E-state index in [4.69, 9.17) is 4.74 Å². The average molecular weight is 619 g/mol. The normalized spacial score (nSPS) is 53.4. The molecule has 0 saturated heterocycles. The standard InChI is InChI=1S/C40H58O5/c1-37-17-13-25(41)21-23(37)5-7-28-30-10-12-34(40(30,4)20-16-31(28)37)36(44)45-26-14-18-38(2)24(22-26)6-8-27-29-9-11-33(35(42)43)39(29,3)19-15-32(27)38/h5-6,25-34,41H,7-22H2,1-4H3,(H,42,43)/t25-,26-,27-,28-,29-,30-,31-,32-,33+,34+,37-,38-,39-,40-/m0/s1. The van der Waals surface area contributed by atoms with Crippen LogP contribution >= 0.6 is 0 Å². The number of carbonyl (C=O) groups is 2. The molecule has 0 aliphatic heterocycles. The van der Waals surface area contributed by atoms with Crippen molar-refractivity contribution in [1.82, 2.24) is 0 Å². The van der Waals surface area contributed by atoms with E-state index in [2.05, 4.69) is 39.8 Å². The van der Waals surface area contributed by atoms with Crippen molar-refractivity contribution in [1.29, 1.82) is 0 Å². The number of carbonyl (C=O) groups excluding carboxylic acids is 1. The third kappa shape index (κ3) is 4.33. The lowest BCUT2D eigenvalue weighted by Crippen LogP contribution is -2.52. The highest BCUT2D eigenvalue weighted by Gasteiger charge is 2.62. The van der Waals surface area contributed by atoms with Gasteiger partial charge in [0.25, 0.3) is 0 Å². The molecule has 5 nitrogen and oxygen atoms in total. The second kappa shape index (κ2) is 10.4. The lowest BCUT2D eigenvalue weighted by Gasteiger charge is -2.58. The fraction of sp³-hybridized carbons (Fsp3) is 0.850. The Kier molecular flexibility index (Phi) is 7.12. The Bertz CT molecular complexity index is 1320. The van der Waals surface area contributed by atoms with Crippen LogP contribution in [0.2, 0.25) is 0 Å². The average Bonchev–Trinajstić information content (AvgIpc) is 3.54. The molecule has 0 aromatic rings. The molecule has 0 heterocycles. The lowest BCUT2D eigenvalue weighted by atomic mass is 9.47. The highest BCUT2D eigenvalue weighted by Crippen LogP contribution is 2.68. The van der Waals surface area contributed by atoms with Crippen LogP contribution in [0.25, 0.3) is 0 Å². The van der Waals surface area contributed by atoms with Gasteiger partial charge in [-0.25, -0.2) is 0 Å². The second-order valence-corrected chi connectivity index (χ2v) is 18.4. The van der Waals surface area contributed by atoms with Gasteiger partial charge >= 0.3 is 11.9 Å². The highest BCUT2D eigenvalue weighted by atomic mass is 16.5. The summed E-state index contributed by atoms with van der Waals surface area (Å²) in [6.45, 7) is 9.67. The summed E-state index contributed by atoms with van der Waals surface area (Å²) in [4.78, 5) is 26.1. The summed E-state index contributed by atoms with van der Waals surface area (Å²) in [6, 6.07) is 0. The van der Waals surface area contributed by atoms with E-state index in [0.29, 0.717) is 35.5 Å². The first-order chi connectivity index (χ1) is 21.4. The molecule has 45 heavy (non-hydrogen) atoms. The van der Waals surface area contributed by atoms with Crippen molar-refractivity contribution in [2.24, 2.45) is 69.0 Å². The Hall–Kier alpha value is -1.62. The monoisotopic (exact) mass is 618 g/mol. The molecule has 8 rings (SSSR count). The van der Waals surface area contributed by atoms with Gasteiger partial charge in [-0.1, -0.05) is 51.0 Å². The smallest absolute Gasteiger partial charge is 0.309 e. The zero-order chi connectivity index (χ0) is 31.5. The van der Waals surface area contributed by atoms with Gasteiger partial charge in [-0.15, -0.1) is 0 Å². The topological polar surface area (TPSA) is 83.8 Å². The second-order valence-electron chi connectivity index (χ2n) is 18.4. The summed E-state index contributed by atoms with van der Waals surface area (Å²) in [5.41, 5.74) is 3.42. The molecule has 2 N–H and O–H groups in total. The summed E-state index contributed by atoms with van der Waals surface area (Å²) < 4.78 is 6.51. The van der Waals surface area contributed by atoms with Crippen molar-refractivity contribution in [3.05, 3.63) is 23.3 Å². The Morgan fingerprint density at radius 1 is 0.667 bits per heavy atom. The molecule has 8 aliphatic rings. The van der Waals surface area contributed by atoms with E-state index in [1.54, 1.807) is 0 Å². The highest BCUT2D eigenvalue weighted by molar-refractivity contribution is 5.74. The maximum Gasteiger partial charge on any atom is 0.309 e. The number of hydrogen-bond acceptors (Lipinski definition) is 4. The van der Waals surface area contributed by atoms with Crippen LogP contribution in [0.15, 0.2) is 23.3 Å². The molecule has 6 saturated carbocycles. The number of ether oxygens (including phenoxy) is 1. The van der Waals surface area contributed by atoms with Crippen LogP contribution in [0.3, 0.4) is 0 Å². The van der Waals surface area contributed by atoms with Crippen molar-refractivity contribution < 1.29 is 24.5 Å². The number of aliphatic carboxylic acids is 1. The van der Waals surface area contributed by atoms with Crippen molar-refractivity contribution in [3.8, 4) is 0 Å². The lowest BCUT2D eigenvalue weighted by molar-refractivity contribution is -0.164. The van der Waals surface area contributed by atoms with Gasteiger partial charge in [-0.3, -0.25) is 9.59 Å². The quantitative estimate of drug-likeness (QED) is 0.245. The van der Waals surface area contributed by atoms with Crippen molar-refractivity contribution in [3.63, 3.8) is 0 Å².